The first-order valence-corrected chi connectivity index (χ1v) is 7.82. The molecule has 0 aromatic heterocycles. The molecule has 1 aliphatic heterocycles. The second-order valence-corrected chi connectivity index (χ2v) is 6.14. The number of hydrogen-bond acceptors (Lipinski definition) is 3. The molecule has 0 radical (unpaired) electrons. The van der Waals surface area contributed by atoms with E-state index in [-0.39, 0.29) is 42.8 Å². The molecule has 2 rings (SSSR count). The summed E-state index contributed by atoms with van der Waals surface area (Å²) in [5.41, 5.74) is 2.49. The van der Waals surface area contributed by atoms with Gasteiger partial charge in [-0.1, -0.05) is 36.2 Å². The Kier molecular flexibility index (Phi) is 10.5. The highest BCUT2D eigenvalue weighted by atomic mass is 35.5. The first-order chi connectivity index (χ1) is 10.1. The number of hydrogen-bond donors (Lipinski definition) is 2. The van der Waals surface area contributed by atoms with Crippen molar-refractivity contribution in [1.82, 2.24) is 15.5 Å². The van der Waals surface area contributed by atoms with Crippen LogP contribution >= 0.6 is 24.8 Å². The van der Waals surface area contributed by atoms with Crippen LogP contribution in [0, 0.1) is 6.92 Å². The van der Waals surface area contributed by atoms with Gasteiger partial charge >= 0.3 is 0 Å². The summed E-state index contributed by atoms with van der Waals surface area (Å²) in [4.78, 5) is 14.4. The Morgan fingerprint density at radius 1 is 1.26 bits per heavy atom. The molecule has 0 bridgehead atoms. The van der Waals surface area contributed by atoms with E-state index < -0.39 is 0 Å². The quantitative estimate of drug-likeness (QED) is 0.847. The number of piperidine rings is 1. The Labute approximate surface area is 152 Å². The third kappa shape index (κ3) is 6.68. The fourth-order valence-corrected chi connectivity index (χ4v) is 2.78. The Morgan fingerprint density at radius 3 is 2.43 bits per heavy atom. The first-order valence-electron chi connectivity index (χ1n) is 7.82. The lowest BCUT2D eigenvalue weighted by atomic mass is 10.0. The van der Waals surface area contributed by atoms with E-state index in [4.69, 9.17) is 0 Å². The van der Waals surface area contributed by atoms with Crippen LogP contribution in [0.3, 0.4) is 0 Å². The molecule has 4 nitrogen and oxygen atoms in total. The van der Waals surface area contributed by atoms with E-state index in [0.29, 0.717) is 6.54 Å². The van der Waals surface area contributed by atoms with E-state index in [9.17, 15) is 4.79 Å². The van der Waals surface area contributed by atoms with Crippen molar-refractivity contribution in [2.24, 2.45) is 0 Å². The number of carbonyl (C=O) groups excluding carboxylic acids is 1. The fourth-order valence-electron chi connectivity index (χ4n) is 2.78. The van der Waals surface area contributed by atoms with E-state index in [2.05, 4.69) is 60.8 Å². The van der Waals surface area contributed by atoms with Gasteiger partial charge in [0.05, 0.1) is 12.1 Å². The van der Waals surface area contributed by atoms with Gasteiger partial charge in [-0.25, -0.2) is 0 Å². The van der Waals surface area contributed by atoms with Crippen LogP contribution in [0.2, 0.25) is 0 Å². The fraction of sp³-hybridized carbons (Fsp3) is 0.588. The Bertz CT molecular complexity index is 459. The lowest BCUT2D eigenvalue weighted by Gasteiger charge is -2.27. The third-order valence-corrected chi connectivity index (χ3v) is 4.18. The minimum atomic E-state index is -0.0143. The second kappa shape index (κ2) is 10.9. The SMILES string of the molecule is Cc1ccc(C(CNC(=O)[C@H]2CCCCN2)N(C)C)cc1.Cl.Cl. The van der Waals surface area contributed by atoms with Gasteiger partial charge in [-0.2, -0.15) is 0 Å². The van der Waals surface area contributed by atoms with Gasteiger partial charge in [0.15, 0.2) is 0 Å². The van der Waals surface area contributed by atoms with Crippen LogP contribution in [0.15, 0.2) is 24.3 Å². The van der Waals surface area contributed by atoms with Gasteiger partial charge in [-0.3, -0.25) is 4.79 Å². The number of rotatable bonds is 5. The molecule has 1 saturated heterocycles. The molecule has 2 N–H and O–H groups in total. The summed E-state index contributed by atoms with van der Waals surface area (Å²) in [5, 5.41) is 6.40. The third-order valence-electron chi connectivity index (χ3n) is 4.18. The van der Waals surface area contributed by atoms with Gasteiger partial charge in [0.25, 0.3) is 0 Å². The summed E-state index contributed by atoms with van der Waals surface area (Å²) in [7, 11) is 4.10. The number of nitrogens with zero attached hydrogens (tertiary/aromatic N) is 1. The molecular formula is C17H29Cl2N3O. The summed E-state index contributed by atoms with van der Waals surface area (Å²) in [6, 6.07) is 8.72. The van der Waals surface area contributed by atoms with E-state index in [0.717, 1.165) is 19.4 Å². The Morgan fingerprint density at radius 2 is 1.91 bits per heavy atom. The molecule has 132 valence electrons. The highest BCUT2D eigenvalue weighted by molar-refractivity contribution is 5.85. The molecule has 23 heavy (non-hydrogen) atoms. The minimum absolute atomic E-state index is 0. The molecule has 1 heterocycles. The molecule has 1 aromatic rings. The predicted octanol–water partition coefficient (Wildman–Crippen LogP) is 2.70. The number of amides is 1. The van der Waals surface area contributed by atoms with Crippen molar-refractivity contribution in [3.63, 3.8) is 0 Å². The number of halogens is 2. The summed E-state index contributed by atoms with van der Waals surface area (Å²) >= 11 is 0. The van der Waals surface area contributed by atoms with Crippen molar-refractivity contribution in [1.29, 1.82) is 0 Å². The molecule has 1 amide bonds. The number of aryl methyl sites for hydroxylation is 1. The van der Waals surface area contributed by atoms with E-state index in [1.165, 1.54) is 17.5 Å². The lowest BCUT2D eigenvalue weighted by Crippen LogP contribution is -2.48. The topological polar surface area (TPSA) is 44.4 Å². The Balaban J connectivity index is 0.00000242. The standard InChI is InChI=1S/C17H27N3O.2ClH/c1-13-7-9-14(10-8-13)16(20(2)3)12-19-17(21)15-6-4-5-11-18-15;;/h7-10,15-16,18H,4-6,11-12H2,1-3H3,(H,19,21);2*1H/t15-,16?;;/m1../s1. The van der Waals surface area contributed by atoms with Crippen LogP contribution in [0.1, 0.15) is 36.4 Å². The van der Waals surface area contributed by atoms with Gasteiger partial charge in [-0.15, -0.1) is 24.8 Å². The molecule has 1 aromatic carbocycles. The highest BCUT2D eigenvalue weighted by Gasteiger charge is 2.22. The molecule has 0 aliphatic carbocycles. The smallest absolute Gasteiger partial charge is 0.237 e. The Hall–Kier alpha value is -0.810. The maximum absolute atomic E-state index is 12.2. The zero-order valence-electron chi connectivity index (χ0n) is 14.2. The zero-order chi connectivity index (χ0) is 15.2. The molecule has 6 heteroatoms. The zero-order valence-corrected chi connectivity index (χ0v) is 15.8. The van der Waals surface area contributed by atoms with Crippen molar-refractivity contribution in [2.75, 3.05) is 27.2 Å². The molecule has 1 aliphatic rings. The monoisotopic (exact) mass is 361 g/mol. The van der Waals surface area contributed by atoms with Crippen LogP contribution in [0.4, 0.5) is 0 Å². The summed E-state index contributed by atoms with van der Waals surface area (Å²) in [6.07, 6.45) is 3.26. The van der Waals surface area contributed by atoms with E-state index in [1.807, 2.05) is 0 Å². The van der Waals surface area contributed by atoms with Gasteiger partial charge in [0.1, 0.15) is 0 Å². The van der Waals surface area contributed by atoms with Crippen molar-refractivity contribution >= 4 is 30.7 Å². The van der Waals surface area contributed by atoms with Gasteiger partial charge in [0.2, 0.25) is 5.91 Å². The molecule has 1 unspecified atom stereocenters. The van der Waals surface area contributed by atoms with Crippen LogP contribution in [0.5, 0.6) is 0 Å². The van der Waals surface area contributed by atoms with Crippen molar-refractivity contribution in [2.45, 2.75) is 38.3 Å². The molecular weight excluding hydrogens is 333 g/mol. The number of carbonyl (C=O) groups is 1. The molecule has 0 saturated carbocycles. The van der Waals surface area contributed by atoms with E-state index in [1.54, 1.807) is 0 Å². The predicted molar refractivity (Wildman–Crippen MR) is 101 cm³/mol. The summed E-state index contributed by atoms with van der Waals surface area (Å²) in [6.45, 7) is 3.69. The molecule has 2 atom stereocenters. The number of nitrogens with one attached hydrogen (secondary N) is 2. The van der Waals surface area contributed by atoms with Crippen LogP contribution in [0.25, 0.3) is 0 Å². The van der Waals surface area contributed by atoms with Crippen LogP contribution < -0.4 is 10.6 Å². The average Bonchev–Trinajstić information content (AvgIpc) is 2.49. The largest absolute Gasteiger partial charge is 0.353 e. The van der Waals surface area contributed by atoms with Crippen molar-refractivity contribution in [3.05, 3.63) is 35.4 Å². The second-order valence-electron chi connectivity index (χ2n) is 6.14. The van der Waals surface area contributed by atoms with Gasteiger partial charge < -0.3 is 15.5 Å². The first kappa shape index (κ1) is 22.2. The summed E-state index contributed by atoms with van der Waals surface area (Å²) in [5.74, 6) is 0.133. The number of likely N-dealkylation sites (N-methyl/N-ethyl adjacent to an activating group) is 1. The lowest BCUT2D eigenvalue weighted by molar-refractivity contribution is -0.123. The minimum Gasteiger partial charge on any atom is -0.353 e. The molecule has 0 spiro atoms. The van der Waals surface area contributed by atoms with Gasteiger partial charge in [0, 0.05) is 6.54 Å². The average molecular weight is 362 g/mol. The summed E-state index contributed by atoms with van der Waals surface area (Å²) < 4.78 is 0. The number of benzene rings is 1. The van der Waals surface area contributed by atoms with Crippen molar-refractivity contribution in [3.8, 4) is 0 Å². The van der Waals surface area contributed by atoms with Crippen LogP contribution in [-0.4, -0.2) is 44.0 Å². The maximum atomic E-state index is 12.2. The highest BCUT2D eigenvalue weighted by Crippen LogP contribution is 2.18. The van der Waals surface area contributed by atoms with Gasteiger partial charge in [-0.05, 0) is 46.0 Å². The normalized spacial score (nSPS) is 18.5. The maximum Gasteiger partial charge on any atom is 0.237 e. The van der Waals surface area contributed by atoms with Crippen molar-refractivity contribution < 1.29 is 4.79 Å². The van der Waals surface area contributed by atoms with E-state index >= 15 is 0 Å². The molecule has 1 fully saturated rings. The van der Waals surface area contributed by atoms with Crippen LogP contribution in [-0.2, 0) is 4.79 Å².